The first-order chi connectivity index (χ1) is 14.2. The van der Waals surface area contributed by atoms with Crippen molar-refractivity contribution in [1.29, 1.82) is 0 Å². The Balaban J connectivity index is 1.54. The fourth-order valence-corrected chi connectivity index (χ4v) is 3.39. The first kappa shape index (κ1) is 18.7. The second kappa shape index (κ2) is 8.61. The number of rotatable bonds is 7. The number of nitrogens with one attached hydrogen (secondary N) is 1. The summed E-state index contributed by atoms with van der Waals surface area (Å²) in [6.07, 6.45) is 7.29. The van der Waals surface area contributed by atoms with Crippen LogP contribution >= 0.6 is 0 Å². The molecule has 5 heteroatoms. The number of hydrogen-bond donors (Lipinski definition) is 1. The maximum atomic E-state index is 13.0. The summed E-state index contributed by atoms with van der Waals surface area (Å²) in [5, 5.41) is 7.63. The predicted molar refractivity (Wildman–Crippen MR) is 115 cm³/mol. The second-order valence-corrected chi connectivity index (χ2v) is 7.12. The van der Waals surface area contributed by atoms with E-state index in [4.69, 9.17) is 0 Å². The largest absolute Gasteiger partial charge is 0.349 e. The van der Waals surface area contributed by atoms with Gasteiger partial charge in [-0.15, -0.1) is 0 Å². The fraction of sp³-hybridized carbons (Fsp3) is 0.167. The van der Waals surface area contributed by atoms with Gasteiger partial charge in [0.2, 0.25) is 0 Å². The lowest BCUT2D eigenvalue weighted by Gasteiger charge is -2.15. The fourth-order valence-electron chi connectivity index (χ4n) is 3.39. The van der Waals surface area contributed by atoms with Gasteiger partial charge in [-0.25, -0.2) is 4.68 Å². The van der Waals surface area contributed by atoms with E-state index >= 15 is 0 Å². The number of aromatic nitrogens is 3. The molecule has 2 aromatic carbocycles. The molecule has 0 bridgehead atoms. The van der Waals surface area contributed by atoms with Crippen LogP contribution in [0.5, 0.6) is 0 Å². The zero-order valence-corrected chi connectivity index (χ0v) is 16.4. The molecule has 1 amide bonds. The Morgan fingerprint density at radius 3 is 2.31 bits per heavy atom. The normalized spacial score (nSPS) is 11.9. The molecule has 29 heavy (non-hydrogen) atoms. The standard InChI is InChI=1S/C24H24N4O/c1-19(14-15-20-10-4-2-5-11-20)26-23(29)22-18-25-28(21-12-6-3-7-13-21)24(22)27-16-8-9-17-27/h2-13,16-19H,14-15H2,1H3,(H,26,29). The minimum absolute atomic E-state index is 0.0558. The van der Waals surface area contributed by atoms with Gasteiger partial charge in [-0.2, -0.15) is 5.10 Å². The van der Waals surface area contributed by atoms with Crippen molar-refractivity contribution in [2.75, 3.05) is 0 Å². The van der Waals surface area contributed by atoms with Crippen LogP contribution in [0.2, 0.25) is 0 Å². The van der Waals surface area contributed by atoms with Gasteiger partial charge in [0.25, 0.3) is 5.91 Å². The van der Waals surface area contributed by atoms with Crippen molar-refractivity contribution in [3.8, 4) is 11.5 Å². The van der Waals surface area contributed by atoms with Gasteiger partial charge in [0.05, 0.1) is 11.9 Å². The van der Waals surface area contributed by atoms with E-state index in [-0.39, 0.29) is 11.9 Å². The van der Waals surface area contributed by atoms with Gasteiger partial charge in [0.15, 0.2) is 5.82 Å². The molecule has 0 aliphatic heterocycles. The zero-order chi connectivity index (χ0) is 20.1. The summed E-state index contributed by atoms with van der Waals surface area (Å²) >= 11 is 0. The van der Waals surface area contributed by atoms with Crippen molar-refractivity contribution >= 4 is 5.91 Å². The topological polar surface area (TPSA) is 51.9 Å². The van der Waals surface area contributed by atoms with E-state index in [1.807, 2.05) is 84.5 Å². The van der Waals surface area contributed by atoms with Crippen LogP contribution in [0.1, 0.15) is 29.3 Å². The Morgan fingerprint density at radius 1 is 0.966 bits per heavy atom. The smallest absolute Gasteiger partial charge is 0.256 e. The van der Waals surface area contributed by atoms with E-state index in [2.05, 4.69) is 22.5 Å². The van der Waals surface area contributed by atoms with Gasteiger partial charge < -0.3 is 9.88 Å². The molecule has 2 heterocycles. The molecule has 4 aromatic rings. The molecule has 0 spiro atoms. The second-order valence-electron chi connectivity index (χ2n) is 7.12. The number of carbonyl (C=O) groups is 1. The molecule has 0 saturated carbocycles. The lowest BCUT2D eigenvalue weighted by atomic mass is 10.1. The molecule has 0 fully saturated rings. The summed E-state index contributed by atoms with van der Waals surface area (Å²) in [6, 6.07) is 24.1. The summed E-state index contributed by atoms with van der Waals surface area (Å²) in [5.41, 5.74) is 2.74. The Bertz CT molecular complexity index is 1050. The average Bonchev–Trinajstić information content (AvgIpc) is 3.43. The van der Waals surface area contributed by atoms with Crippen LogP contribution in [0.4, 0.5) is 0 Å². The summed E-state index contributed by atoms with van der Waals surface area (Å²) in [6.45, 7) is 2.04. The summed E-state index contributed by atoms with van der Waals surface area (Å²) in [4.78, 5) is 13.0. The molecule has 0 aliphatic carbocycles. The van der Waals surface area contributed by atoms with E-state index in [0.717, 1.165) is 24.3 Å². The van der Waals surface area contributed by atoms with Crippen LogP contribution in [0, 0.1) is 0 Å². The summed E-state index contributed by atoms with van der Waals surface area (Å²) < 4.78 is 3.72. The van der Waals surface area contributed by atoms with Crippen LogP contribution in [0.3, 0.4) is 0 Å². The first-order valence-corrected chi connectivity index (χ1v) is 9.84. The third-order valence-electron chi connectivity index (χ3n) is 4.92. The molecule has 146 valence electrons. The molecule has 1 N–H and O–H groups in total. The molecule has 0 saturated heterocycles. The Morgan fingerprint density at radius 2 is 1.62 bits per heavy atom. The van der Waals surface area contributed by atoms with Gasteiger partial charge in [0.1, 0.15) is 5.56 Å². The van der Waals surface area contributed by atoms with Crippen molar-refractivity contribution in [1.82, 2.24) is 19.7 Å². The highest BCUT2D eigenvalue weighted by Crippen LogP contribution is 2.20. The number of benzene rings is 2. The molecule has 5 nitrogen and oxygen atoms in total. The average molecular weight is 384 g/mol. The quantitative estimate of drug-likeness (QED) is 0.513. The Kier molecular flexibility index (Phi) is 5.56. The van der Waals surface area contributed by atoms with E-state index in [0.29, 0.717) is 5.56 Å². The summed E-state index contributed by atoms with van der Waals surface area (Å²) in [7, 11) is 0. The van der Waals surface area contributed by atoms with Crippen molar-refractivity contribution in [3.05, 3.63) is 103 Å². The van der Waals surface area contributed by atoms with Crippen molar-refractivity contribution in [2.45, 2.75) is 25.8 Å². The first-order valence-electron chi connectivity index (χ1n) is 9.84. The molecule has 1 unspecified atom stereocenters. The van der Waals surface area contributed by atoms with Gasteiger partial charge in [-0.3, -0.25) is 4.79 Å². The number of para-hydroxylation sites is 1. The molecular formula is C24H24N4O. The predicted octanol–water partition coefficient (Wildman–Crippen LogP) is 4.41. The third-order valence-corrected chi connectivity index (χ3v) is 4.92. The number of amides is 1. The number of aryl methyl sites for hydroxylation is 1. The highest BCUT2D eigenvalue weighted by atomic mass is 16.1. The maximum Gasteiger partial charge on any atom is 0.256 e. The van der Waals surface area contributed by atoms with E-state index in [1.165, 1.54) is 5.56 Å². The van der Waals surface area contributed by atoms with Crippen LogP contribution in [-0.2, 0) is 6.42 Å². The lowest BCUT2D eigenvalue weighted by molar-refractivity contribution is 0.0938. The van der Waals surface area contributed by atoms with Crippen molar-refractivity contribution in [3.63, 3.8) is 0 Å². The third kappa shape index (κ3) is 4.29. The number of carbonyl (C=O) groups excluding carboxylic acids is 1. The van der Waals surface area contributed by atoms with Crippen molar-refractivity contribution in [2.24, 2.45) is 0 Å². The van der Waals surface area contributed by atoms with Crippen LogP contribution in [-0.4, -0.2) is 26.3 Å². The van der Waals surface area contributed by atoms with Crippen LogP contribution < -0.4 is 5.32 Å². The molecule has 2 aromatic heterocycles. The number of hydrogen-bond acceptors (Lipinski definition) is 2. The molecular weight excluding hydrogens is 360 g/mol. The number of nitrogens with zero attached hydrogens (tertiary/aromatic N) is 3. The molecule has 0 aliphatic rings. The minimum atomic E-state index is -0.114. The lowest BCUT2D eigenvalue weighted by Crippen LogP contribution is -2.33. The highest BCUT2D eigenvalue weighted by Gasteiger charge is 2.21. The minimum Gasteiger partial charge on any atom is -0.349 e. The SMILES string of the molecule is CC(CCc1ccccc1)NC(=O)c1cnn(-c2ccccc2)c1-n1cccc1. The Labute approximate surface area is 170 Å². The van der Waals surface area contributed by atoms with Gasteiger partial charge in [-0.1, -0.05) is 48.5 Å². The monoisotopic (exact) mass is 384 g/mol. The van der Waals surface area contributed by atoms with E-state index < -0.39 is 0 Å². The van der Waals surface area contributed by atoms with E-state index in [1.54, 1.807) is 10.9 Å². The molecule has 4 rings (SSSR count). The van der Waals surface area contributed by atoms with Gasteiger partial charge in [-0.05, 0) is 49.6 Å². The van der Waals surface area contributed by atoms with Gasteiger partial charge >= 0.3 is 0 Å². The van der Waals surface area contributed by atoms with Crippen molar-refractivity contribution < 1.29 is 4.79 Å². The maximum absolute atomic E-state index is 13.0. The summed E-state index contributed by atoms with van der Waals surface area (Å²) in [5.74, 6) is 0.616. The molecule has 1 atom stereocenters. The Hall–Kier alpha value is -3.60. The van der Waals surface area contributed by atoms with Crippen LogP contribution in [0.15, 0.2) is 91.4 Å². The zero-order valence-electron chi connectivity index (χ0n) is 16.4. The van der Waals surface area contributed by atoms with Crippen LogP contribution in [0.25, 0.3) is 11.5 Å². The highest BCUT2D eigenvalue weighted by molar-refractivity contribution is 5.97. The van der Waals surface area contributed by atoms with E-state index in [9.17, 15) is 4.79 Å². The van der Waals surface area contributed by atoms with Gasteiger partial charge in [0, 0.05) is 18.4 Å². The molecule has 0 radical (unpaired) electrons.